The summed E-state index contributed by atoms with van der Waals surface area (Å²) in [6.07, 6.45) is 2.07. The second-order valence-electron chi connectivity index (χ2n) is 6.49. The Kier molecular flexibility index (Phi) is 2.69. The van der Waals surface area contributed by atoms with Crippen LogP contribution in [0.15, 0.2) is 12.1 Å². The van der Waals surface area contributed by atoms with Crippen molar-refractivity contribution in [2.24, 2.45) is 0 Å². The SMILES string of the molecule is CC1(C)CCC(C)(C)c2cc(C(=O)O)c(O)cc21. The molecule has 0 amide bonds. The zero-order valence-corrected chi connectivity index (χ0v) is 11.4. The molecule has 0 bridgehead atoms. The van der Waals surface area contributed by atoms with Gasteiger partial charge in [-0.2, -0.15) is 0 Å². The van der Waals surface area contributed by atoms with Crippen LogP contribution < -0.4 is 0 Å². The quantitative estimate of drug-likeness (QED) is 0.800. The minimum Gasteiger partial charge on any atom is -0.507 e. The fourth-order valence-electron chi connectivity index (χ4n) is 2.77. The normalized spacial score (nSPS) is 20.2. The van der Waals surface area contributed by atoms with Gasteiger partial charge in [-0.1, -0.05) is 27.7 Å². The van der Waals surface area contributed by atoms with Crippen LogP contribution in [-0.2, 0) is 10.8 Å². The molecule has 1 aliphatic rings. The lowest BCUT2D eigenvalue weighted by atomic mass is 9.63. The molecule has 3 heteroatoms. The number of carboxylic acids is 1. The molecule has 1 aromatic rings. The largest absolute Gasteiger partial charge is 0.507 e. The van der Waals surface area contributed by atoms with Gasteiger partial charge in [0.25, 0.3) is 0 Å². The van der Waals surface area contributed by atoms with E-state index in [1.165, 1.54) is 0 Å². The Bertz CT molecular complexity index is 513. The lowest BCUT2D eigenvalue weighted by Crippen LogP contribution is -2.34. The zero-order valence-electron chi connectivity index (χ0n) is 11.4. The van der Waals surface area contributed by atoms with Crippen molar-refractivity contribution >= 4 is 5.97 Å². The number of hydrogen-bond acceptors (Lipinski definition) is 2. The molecule has 2 rings (SSSR count). The van der Waals surface area contributed by atoms with E-state index in [0.29, 0.717) is 0 Å². The second-order valence-corrected chi connectivity index (χ2v) is 6.49. The van der Waals surface area contributed by atoms with Crippen molar-refractivity contribution in [3.8, 4) is 5.75 Å². The van der Waals surface area contributed by atoms with Crippen molar-refractivity contribution in [3.63, 3.8) is 0 Å². The predicted octanol–water partition coefficient (Wildman–Crippen LogP) is 3.44. The summed E-state index contributed by atoms with van der Waals surface area (Å²) in [4.78, 5) is 11.1. The molecule has 0 atom stereocenters. The topological polar surface area (TPSA) is 57.5 Å². The lowest BCUT2D eigenvalue weighted by molar-refractivity contribution is 0.0693. The molecule has 0 fully saturated rings. The van der Waals surface area contributed by atoms with Gasteiger partial charge in [-0.3, -0.25) is 0 Å². The van der Waals surface area contributed by atoms with Crippen molar-refractivity contribution in [3.05, 3.63) is 28.8 Å². The third-order valence-corrected chi connectivity index (χ3v) is 4.20. The molecule has 0 heterocycles. The number of carboxylic acid groups (broad SMARTS) is 1. The lowest BCUT2D eigenvalue weighted by Gasteiger charge is -2.42. The molecular formula is C15H20O3. The zero-order chi connectivity index (χ0) is 13.7. The Labute approximate surface area is 107 Å². The number of aromatic carboxylic acids is 1. The highest BCUT2D eigenvalue weighted by atomic mass is 16.4. The Hall–Kier alpha value is -1.51. The van der Waals surface area contributed by atoms with Gasteiger partial charge in [0, 0.05) is 0 Å². The molecule has 0 saturated heterocycles. The Morgan fingerprint density at radius 3 is 1.94 bits per heavy atom. The predicted molar refractivity (Wildman–Crippen MR) is 70.4 cm³/mol. The second kappa shape index (κ2) is 3.74. The van der Waals surface area contributed by atoms with Gasteiger partial charge in [0.2, 0.25) is 0 Å². The van der Waals surface area contributed by atoms with Gasteiger partial charge >= 0.3 is 5.97 Å². The molecular weight excluding hydrogens is 228 g/mol. The van der Waals surface area contributed by atoms with Crippen LogP contribution in [0.25, 0.3) is 0 Å². The Morgan fingerprint density at radius 2 is 1.50 bits per heavy atom. The van der Waals surface area contributed by atoms with Gasteiger partial charge in [-0.15, -0.1) is 0 Å². The highest BCUT2D eigenvalue weighted by Crippen LogP contribution is 2.47. The molecule has 18 heavy (non-hydrogen) atoms. The number of carbonyl (C=O) groups is 1. The first-order chi connectivity index (χ1) is 8.15. The summed E-state index contributed by atoms with van der Waals surface area (Å²) in [5, 5.41) is 19.0. The van der Waals surface area contributed by atoms with Gasteiger partial charge in [-0.25, -0.2) is 4.79 Å². The van der Waals surface area contributed by atoms with Crippen molar-refractivity contribution in [1.82, 2.24) is 0 Å². The van der Waals surface area contributed by atoms with Crippen LogP contribution in [0.1, 0.15) is 62.0 Å². The van der Waals surface area contributed by atoms with Crippen molar-refractivity contribution in [1.29, 1.82) is 0 Å². The molecule has 0 unspecified atom stereocenters. The summed E-state index contributed by atoms with van der Waals surface area (Å²) in [7, 11) is 0. The molecule has 1 aliphatic carbocycles. The average molecular weight is 248 g/mol. The van der Waals surface area contributed by atoms with E-state index in [0.717, 1.165) is 24.0 Å². The van der Waals surface area contributed by atoms with Crippen molar-refractivity contribution in [2.75, 3.05) is 0 Å². The monoisotopic (exact) mass is 248 g/mol. The van der Waals surface area contributed by atoms with Crippen molar-refractivity contribution < 1.29 is 15.0 Å². The summed E-state index contributed by atoms with van der Waals surface area (Å²) in [6.45, 7) is 8.54. The maximum absolute atomic E-state index is 11.1. The molecule has 98 valence electrons. The molecule has 0 spiro atoms. The summed E-state index contributed by atoms with van der Waals surface area (Å²) >= 11 is 0. The number of hydrogen-bond donors (Lipinski definition) is 2. The van der Waals surface area contributed by atoms with Crippen molar-refractivity contribution in [2.45, 2.75) is 51.4 Å². The number of rotatable bonds is 1. The van der Waals surface area contributed by atoms with E-state index in [2.05, 4.69) is 27.7 Å². The average Bonchev–Trinajstić information content (AvgIpc) is 2.24. The van der Waals surface area contributed by atoms with Gasteiger partial charge < -0.3 is 10.2 Å². The fourth-order valence-corrected chi connectivity index (χ4v) is 2.77. The summed E-state index contributed by atoms with van der Waals surface area (Å²) in [5.41, 5.74) is 2.07. The van der Waals surface area contributed by atoms with Crippen LogP contribution in [0.4, 0.5) is 0 Å². The highest BCUT2D eigenvalue weighted by Gasteiger charge is 2.38. The van der Waals surface area contributed by atoms with E-state index in [9.17, 15) is 9.90 Å². The Balaban J connectivity index is 2.73. The fraction of sp³-hybridized carbons (Fsp3) is 0.533. The first-order valence-corrected chi connectivity index (χ1v) is 6.26. The summed E-state index contributed by atoms with van der Waals surface area (Å²) in [5.74, 6) is -1.21. The number of aromatic hydroxyl groups is 1. The van der Waals surface area contributed by atoms with E-state index in [1.54, 1.807) is 12.1 Å². The first-order valence-electron chi connectivity index (χ1n) is 6.26. The van der Waals surface area contributed by atoms with Crippen LogP contribution in [0.2, 0.25) is 0 Å². The van der Waals surface area contributed by atoms with E-state index >= 15 is 0 Å². The minimum atomic E-state index is -1.07. The minimum absolute atomic E-state index is 0.000440. The summed E-state index contributed by atoms with van der Waals surface area (Å²) < 4.78 is 0. The maximum Gasteiger partial charge on any atom is 0.339 e. The smallest absolute Gasteiger partial charge is 0.339 e. The van der Waals surface area contributed by atoms with Crippen LogP contribution in [0.5, 0.6) is 5.75 Å². The summed E-state index contributed by atoms with van der Waals surface area (Å²) in [6, 6.07) is 3.29. The Morgan fingerprint density at radius 1 is 1.06 bits per heavy atom. The third kappa shape index (κ3) is 1.88. The van der Waals surface area contributed by atoms with Crippen LogP contribution >= 0.6 is 0 Å². The first kappa shape index (κ1) is 12.9. The van der Waals surface area contributed by atoms with Gasteiger partial charge in [0.1, 0.15) is 11.3 Å². The molecule has 0 aromatic heterocycles. The van der Waals surface area contributed by atoms with Crippen LogP contribution in [0, 0.1) is 0 Å². The van der Waals surface area contributed by atoms with Crippen LogP contribution in [0.3, 0.4) is 0 Å². The van der Waals surface area contributed by atoms with E-state index in [-0.39, 0.29) is 22.1 Å². The van der Waals surface area contributed by atoms with E-state index in [1.807, 2.05) is 0 Å². The third-order valence-electron chi connectivity index (χ3n) is 4.20. The standard InChI is InChI=1S/C15H20O3/c1-14(2)5-6-15(3,4)11-8-12(16)9(13(17)18)7-10(11)14/h7-8,16H,5-6H2,1-4H3,(H,17,18). The van der Waals surface area contributed by atoms with Gasteiger partial charge in [-0.05, 0) is 46.9 Å². The van der Waals surface area contributed by atoms with E-state index in [4.69, 9.17) is 5.11 Å². The molecule has 2 N–H and O–H groups in total. The van der Waals surface area contributed by atoms with Crippen LogP contribution in [-0.4, -0.2) is 16.2 Å². The molecule has 1 aromatic carbocycles. The van der Waals surface area contributed by atoms with E-state index < -0.39 is 5.97 Å². The van der Waals surface area contributed by atoms with Gasteiger partial charge in [0.15, 0.2) is 0 Å². The number of phenols is 1. The van der Waals surface area contributed by atoms with Gasteiger partial charge in [0.05, 0.1) is 0 Å². The number of fused-ring (bicyclic) bond motifs is 1. The maximum atomic E-state index is 11.1. The molecule has 0 radical (unpaired) electrons. The highest BCUT2D eigenvalue weighted by molar-refractivity contribution is 5.91. The molecule has 3 nitrogen and oxygen atoms in total. The molecule has 0 aliphatic heterocycles. The molecule has 0 saturated carbocycles. The number of benzene rings is 1.